The van der Waals surface area contributed by atoms with Crippen molar-refractivity contribution in [3.8, 4) is 5.88 Å². The van der Waals surface area contributed by atoms with Crippen LogP contribution in [0.25, 0.3) is 5.57 Å². The lowest BCUT2D eigenvalue weighted by molar-refractivity contribution is -0.459. The van der Waals surface area contributed by atoms with Crippen LogP contribution in [0.2, 0.25) is 0 Å². The van der Waals surface area contributed by atoms with Crippen LogP contribution in [-0.4, -0.2) is 86.1 Å². The van der Waals surface area contributed by atoms with Crippen LogP contribution >= 0.6 is 11.8 Å². The SMILES string of the molecule is CCCCCCCCOC(=O)CSCC(C)(C)C(=O)OCCOc1c(C2=C(O)C(C3C(C)=C[N+](CC)=C3O)C2=O)c(C)nn1CC. The number of allylic oxidation sites excluding steroid dienone is 2. The molecule has 0 fully saturated rings. The van der Waals surface area contributed by atoms with E-state index in [1.54, 1.807) is 36.2 Å². The van der Waals surface area contributed by atoms with Gasteiger partial charge in [0.15, 0.2) is 12.0 Å². The number of aromatic nitrogens is 2. The number of aliphatic hydroxyl groups is 2. The van der Waals surface area contributed by atoms with Crippen LogP contribution in [0.3, 0.4) is 0 Å². The second kappa shape index (κ2) is 17.0. The molecule has 12 heteroatoms. The number of carbonyl (C=O) groups excluding carboxylic acids is 3. The molecule has 3 rings (SSSR count). The van der Waals surface area contributed by atoms with E-state index in [1.165, 1.54) is 31.0 Å². The van der Waals surface area contributed by atoms with Gasteiger partial charge in [0, 0.05) is 17.9 Å². The first-order valence-corrected chi connectivity index (χ1v) is 17.6. The molecule has 2 heterocycles. The zero-order valence-electron chi connectivity index (χ0n) is 28.5. The van der Waals surface area contributed by atoms with Crippen molar-refractivity contribution in [3.05, 3.63) is 28.8 Å². The van der Waals surface area contributed by atoms with Crippen LogP contribution in [0.1, 0.15) is 91.3 Å². The minimum absolute atomic E-state index is 0.00796. The van der Waals surface area contributed by atoms with Crippen LogP contribution in [0.4, 0.5) is 0 Å². The standard InChI is InChI=1S/C34H51N3O8S/c1-8-11-12-13-14-15-16-43-24(38)20-46-21-34(6,7)33(42)45-18-17-44-32-26(23(5)35-37(32)10-3)28-29(39)27(30(28)40)25-22(4)19-36(9-2)31(25)41/h19,25,27H,8-18,20-21H2,1-7H3,(H,39,40)/p+1. The molecule has 1 aromatic heterocycles. The lowest BCUT2D eigenvalue weighted by Gasteiger charge is -2.31. The average molecular weight is 663 g/mol. The summed E-state index contributed by atoms with van der Waals surface area (Å²) >= 11 is 1.34. The van der Waals surface area contributed by atoms with Crippen molar-refractivity contribution < 1.29 is 43.4 Å². The second-order valence-electron chi connectivity index (χ2n) is 12.5. The molecule has 0 aromatic carbocycles. The van der Waals surface area contributed by atoms with E-state index < -0.39 is 23.2 Å². The van der Waals surface area contributed by atoms with Gasteiger partial charge in [-0.1, -0.05) is 39.0 Å². The molecule has 11 nitrogen and oxygen atoms in total. The summed E-state index contributed by atoms with van der Waals surface area (Å²) in [6.45, 7) is 14.5. The molecule has 46 heavy (non-hydrogen) atoms. The third-order valence-electron chi connectivity index (χ3n) is 8.36. The molecule has 2 unspecified atom stereocenters. The summed E-state index contributed by atoms with van der Waals surface area (Å²) in [7, 11) is 0. The van der Waals surface area contributed by atoms with Gasteiger partial charge in [0.2, 0.25) is 5.88 Å². The summed E-state index contributed by atoms with van der Waals surface area (Å²) in [6.07, 6.45) is 8.54. The summed E-state index contributed by atoms with van der Waals surface area (Å²) < 4.78 is 20.1. The maximum atomic E-state index is 13.4. The Kier molecular flexibility index (Phi) is 13.8. The zero-order valence-corrected chi connectivity index (χ0v) is 29.3. The first kappa shape index (κ1) is 37.2. The summed E-state index contributed by atoms with van der Waals surface area (Å²) in [4.78, 5) is 38.3. The van der Waals surface area contributed by atoms with E-state index in [9.17, 15) is 24.6 Å². The lowest BCUT2D eigenvalue weighted by atomic mass is 9.70. The van der Waals surface area contributed by atoms with E-state index >= 15 is 0 Å². The number of esters is 2. The second-order valence-corrected chi connectivity index (χ2v) is 13.5. The van der Waals surface area contributed by atoms with Crippen molar-refractivity contribution in [1.29, 1.82) is 0 Å². The Labute approximate surface area is 277 Å². The van der Waals surface area contributed by atoms with Crippen molar-refractivity contribution in [2.45, 2.75) is 93.5 Å². The first-order chi connectivity index (χ1) is 21.9. The van der Waals surface area contributed by atoms with Gasteiger partial charge in [-0.05, 0) is 48.0 Å². The highest BCUT2D eigenvalue weighted by molar-refractivity contribution is 8.00. The molecular formula is C34H52N3O8S+. The number of aliphatic hydroxyl groups excluding tert-OH is 2. The fourth-order valence-electron chi connectivity index (χ4n) is 5.72. The minimum Gasteiger partial charge on any atom is -0.511 e. The van der Waals surface area contributed by atoms with E-state index in [4.69, 9.17) is 14.2 Å². The van der Waals surface area contributed by atoms with Crippen molar-refractivity contribution in [2.24, 2.45) is 17.3 Å². The third kappa shape index (κ3) is 8.74. The van der Waals surface area contributed by atoms with E-state index in [0.717, 1.165) is 24.8 Å². The van der Waals surface area contributed by atoms with Crippen LogP contribution in [-0.2, 0) is 30.4 Å². The molecule has 0 saturated carbocycles. The van der Waals surface area contributed by atoms with Gasteiger partial charge in [0.05, 0.1) is 34.6 Å². The Morgan fingerprint density at radius 1 is 1.00 bits per heavy atom. The smallest absolute Gasteiger partial charge is 0.348 e. The van der Waals surface area contributed by atoms with E-state index in [2.05, 4.69) is 12.0 Å². The number of ether oxygens (including phenoxy) is 3. The molecule has 2 aliphatic rings. The predicted molar refractivity (Wildman–Crippen MR) is 178 cm³/mol. The van der Waals surface area contributed by atoms with Crippen LogP contribution in [0.15, 0.2) is 17.5 Å². The van der Waals surface area contributed by atoms with Crippen molar-refractivity contribution >= 4 is 41.0 Å². The van der Waals surface area contributed by atoms with Gasteiger partial charge in [-0.2, -0.15) is 9.67 Å². The molecule has 0 radical (unpaired) electrons. The molecule has 256 valence electrons. The highest BCUT2D eigenvalue weighted by Gasteiger charge is 2.53. The molecule has 2 atom stereocenters. The Morgan fingerprint density at radius 2 is 1.70 bits per heavy atom. The van der Waals surface area contributed by atoms with Crippen molar-refractivity contribution in [1.82, 2.24) is 9.78 Å². The van der Waals surface area contributed by atoms with Crippen molar-refractivity contribution in [3.63, 3.8) is 0 Å². The van der Waals surface area contributed by atoms with E-state index in [1.807, 2.05) is 20.8 Å². The van der Waals surface area contributed by atoms with Gasteiger partial charge in [-0.3, -0.25) is 14.4 Å². The molecule has 1 aromatic rings. The maximum absolute atomic E-state index is 13.4. The fourth-order valence-corrected chi connectivity index (χ4v) is 6.70. The predicted octanol–water partition coefficient (Wildman–Crippen LogP) is 5.79. The van der Waals surface area contributed by atoms with E-state index in [0.29, 0.717) is 42.6 Å². The number of hydrogen-bond donors (Lipinski definition) is 2. The van der Waals surface area contributed by atoms with Crippen molar-refractivity contribution in [2.75, 3.05) is 37.9 Å². The third-order valence-corrected chi connectivity index (χ3v) is 9.72. The molecule has 0 spiro atoms. The topological polar surface area (TPSA) is 140 Å². The first-order valence-electron chi connectivity index (χ1n) is 16.5. The quantitative estimate of drug-likeness (QED) is 0.100. The van der Waals surface area contributed by atoms with E-state index in [-0.39, 0.29) is 47.9 Å². The Balaban J connectivity index is 1.51. The molecule has 2 N–H and O–H groups in total. The molecule has 0 saturated heterocycles. The number of ketones is 1. The number of Topliss-reactive ketones (excluding diaryl/α,β-unsaturated/α-hetero) is 1. The molecular weight excluding hydrogens is 610 g/mol. The highest BCUT2D eigenvalue weighted by atomic mass is 32.2. The van der Waals surface area contributed by atoms with Gasteiger partial charge in [0.1, 0.15) is 37.4 Å². The molecule has 0 amide bonds. The number of unbranched alkanes of at least 4 members (excludes halogenated alkanes) is 5. The zero-order chi connectivity index (χ0) is 34.0. The fraction of sp³-hybridized carbons (Fsp3) is 0.676. The minimum atomic E-state index is -0.872. The number of thioether (sulfide) groups is 1. The average Bonchev–Trinajstić information content (AvgIpc) is 3.48. The monoisotopic (exact) mass is 662 g/mol. The number of rotatable bonds is 20. The Hall–Kier alpha value is -3.28. The molecule has 1 aliphatic carbocycles. The van der Waals surface area contributed by atoms with Gasteiger partial charge >= 0.3 is 17.8 Å². The Bertz CT molecular complexity index is 1360. The summed E-state index contributed by atoms with van der Waals surface area (Å²) in [5, 5.41) is 26.3. The summed E-state index contributed by atoms with van der Waals surface area (Å²) in [6, 6.07) is 0. The molecule has 0 bridgehead atoms. The number of carbonyl (C=O) groups is 3. The summed E-state index contributed by atoms with van der Waals surface area (Å²) in [5.41, 5.74) is 1.02. The normalized spacial score (nSPS) is 18.2. The summed E-state index contributed by atoms with van der Waals surface area (Å²) in [5.74, 6) is -1.66. The van der Waals surface area contributed by atoms with Gasteiger partial charge in [0.25, 0.3) is 0 Å². The molecule has 1 aliphatic heterocycles. The maximum Gasteiger partial charge on any atom is 0.348 e. The van der Waals surface area contributed by atoms with Gasteiger partial charge in [-0.15, -0.1) is 11.8 Å². The van der Waals surface area contributed by atoms with Gasteiger partial charge < -0.3 is 24.4 Å². The van der Waals surface area contributed by atoms with Gasteiger partial charge in [-0.25, -0.2) is 4.68 Å². The number of hydrogen-bond acceptors (Lipinski definition) is 9. The van der Waals surface area contributed by atoms with Crippen LogP contribution in [0.5, 0.6) is 5.88 Å². The van der Waals surface area contributed by atoms with Crippen LogP contribution in [0, 0.1) is 24.2 Å². The lowest BCUT2D eigenvalue weighted by Crippen LogP contribution is -2.40. The Morgan fingerprint density at radius 3 is 2.33 bits per heavy atom. The largest absolute Gasteiger partial charge is 0.511 e. The highest BCUT2D eigenvalue weighted by Crippen LogP contribution is 2.47. The number of aryl methyl sites for hydroxylation is 2. The van der Waals surface area contributed by atoms with Crippen LogP contribution < -0.4 is 4.74 Å². The number of nitrogens with zero attached hydrogens (tertiary/aromatic N) is 3.